The molecule has 1 amide bonds. The molecule has 0 saturated carbocycles. The van der Waals surface area contributed by atoms with Gasteiger partial charge >= 0.3 is 0 Å². The minimum absolute atomic E-state index is 0.0964. The van der Waals surface area contributed by atoms with Gasteiger partial charge in [0.05, 0.1) is 0 Å². The van der Waals surface area contributed by atoms with Gasteiger partial charge in [0.25, 0.3) is 5.91 Å². The Morgan fingerprint density at radius 1 is 1.25 bits per heavy atom. The number of fused-ring (bicyclic) bond motifs is 1. The zero-order valence-corrected chi connectivity index (χ0v) is 16.2. The zero-order valence-electron chi connectivity index (χ0n) is 14.7. The lowest BCUT2D eigenvalue weighted by Gasteiger charge is -2.17. The maximum atomic E-state index is 13.3. The van der Waals surface area contributed by atoms with Crippen molar-refractivity contribution < 1.29 is 13.9 Å². The van der Waals surface area contributed by atoms with E-state index in [9.17, 15) is 9.18 Å². The SMILES string of the molecule is O=C(Nc1nnc(COc2cc(F)cc(Cl)c2)s1)c1ccc2c(c1)CCNC2. The van der Waals surface area contributed by atoms with E-state index < -0.39 is 5.82 Å². The van der Waals surface area contributed by atoms with Crippen molar-refractivity contribution in [1.82, 2.24) is 15.5 Å². The lowest BCUT2D eigenvalue weighted by atomic mass is 9.98. The largest absolute Gasteiger partial charge is 0.486 e. The summed E-state index contributed by atoms with van der Waals surface area (Å²) in [5.41, 5.74) is 2.99. The summed E-state index contributed by atoms with van der Waals surface area (Å²) in [7, 11) is 0. The summed E-state index contributed by atoms with van der Waals surface area (Å²) in [6.45, 7) is 1.83. The third kappa shape index (κ3) is 4.46. The second-order valence-corrected chi connectivity index (χ2v) is 7.76. The smallest absolute Gasteiger partial charge is 0.257 e. The molecule has 6 nitrogen and oxygen atoms in total. The zero-order chi connectivity index (χ0) is 19.5. The number of benzene rings is 2. The van der Waals surface area contributed by atoms with Gasteiger partial charge in [-0.05, 0) is 48.4 Å². The quantitative estimate of drug-likeness (QED) is 0.659. The van der Waals surface area contributed by atoms with E-state index >= 15 is 0 Å². The molecule has 0 fully saturated rings. The first-order valence-corrected chi connectivity index (χ1v) is 9.81. The Morgan fingerprint density at radius 2 is 2.14 bits per heavy atom. The molecular formula is C19H16ClFN4O2S. The molecule has 0 saturated heterocycles. The molecule has 1 aliphatic rings. The van der Waals surface area contributed by atoms with E-state index in [2.05, 4.69) is 20.8 Å². The average Bonchev–Trinajstić information content (AvgIpc) is 3.12. The number of nitrogens with one attached hydrogen (secondary N) is 2. The van der Waals surface area contributed by atoms with Gasteiger partial charge in [0.15, 0.2) is 5.01 Å². The number of hydrogen-bond donors (Lipinski definition) is 2. The molecule has 4 rings (SSSR count). The molecule has 2 N–H and O–H groups in total. The average molecular weight is 419 g/mol. The highest BCUT2D eigenvalue weighted by Crippen LogP contribution is 2.23. The molecule has 0 radical (unpaired) electrons. The van der Waals surface area contributed by atoms with Crippen LogP contribution >= 0.6 is 22.9 Å². The maximum Gasteiger partial charge on any atom is 0.257 e. The first-order chi connectivity index (χ1) is 13.6. The highest BCUT2D eigenvalue weighted by atomic mass is 35.5. The summed E-state index contributed by atoms with van der Waals surface area (Å²) in [6, 6.07) is 9.65. The summed E-state index contributed by atoms with van der Waals surface area (Å²) >= 11 is 7.00. The number of carbonyl (C=O) groups excluding carboxylic acids is 1. The molecule has 0 aliphatic carbocycles. The van der Waals surface area contributed by atoms with Crippen LogP contribution in [-0.4, -0.2) is 22.6 Å². The van der Waals surface area contributed by atoms with Crippen LogP contribution in [0.1, 0.15) is 26.5 Å². The third-order valence-electron chi connectivity index (χ3n) is 4.24. The van der Waals surface area contributed by atoms with Crippen LogP contribution in [0.25, 0.3) is 0 Å². The minimum atomic E-state index is -0.478. The van der Waals surface area contributed by atoms with Gasteiger partial charge in [-0.2, -0.15) is 0 Å². The highest BCUT2D eigenvalue weighted by molar-refractivity contribution is 7.15. The molecule has 0 spiro atoms. The van der Waals surface area contributed by atoms with Crippen LogP contribution in [0.5, 0.6) is 5.75 Å². The van der Waals surface area contributed by atoms with E-state index in [1.807, 2.05) is 12.1 Å². The number of amides is 1. The van der Waals surface area contributed by atoms with Gasteiger partial charge < -0.3 is 10.1 Å². The Kier molecular flexibility index (Phi) is 5.52. The van der Waals surface area contributed by atoms with Crippen molar-refractivity contribution in [1.29, 1.82) is 0 Å². The van der Waals surface area contributed by atoms with Crippen LogP contribution in [0.15, 0.2) is 36.4 Å². The number of anilines is 1. The predicted molar refractivity (Wildman–Crippen MR) is 105 cm³/mol. The summed E-state index contributed by atoms with van der Waals surface area (Å²) < 4.78 is 18.8. The molecule has 1 aromatic heterocycles. The first kappa shape index (κ1) is 18.8. The molecule has 2 heterocycles. The van der Waals surface area contributed by atoms with E-state index in [0.717, 1.165) is 19.5 Å². The van der Waals surface area contributed by atoms with Gasteiger partial charge in [0, 0.05) is 23.2 Å². The Morgan fingerprint density at radius 3 is 3.00 bits per heavy atom. The van der Waals surface area contributed by atoms with Gasteiger partial charge in [0.1, 0.15) is 18.2 Å². The van der Waals surface area contributed by atoms with Crippen LogP contribution in [0.2, 0.25) is 5.02 Å². The highest BCUT2D eigenvalue weighted by Gasteiger charge is 2.14. The number of aromatic nitrogens is 2. The number of hydrogen-bond acceptors (Lipinski definition) is 6. The molecular weight excluding hydrogens is 403 g/mol. The summed E-state index contributed by atoms with van der Waals surface area (Å²) in [5.74, 6) is -0.412. The van der Waals surface area contributed by atoms with E-state index in [1.165, 1.54) is 40.7 Å². The minimum Gasteiger partial charge on any atom is -0.486 e. The second-order valence-electron chi connectivity index (χ2n) is 6.26. The van der Waals surface area contributed by atoms with E-state index in [4.69, 9.17) is 16.3 Å². The first-order valence-electron chi connectivity index (χ1n) is 8.62. The summed E-state index contributed by atoms with van der Waals surface area (Å²) in [5, 5.41) is 15.2. The monoisotopic (exact) mass is 418 g/mol. The van der Waals surface area contributed by atoms with Gasteiger partial charge in [-0.1, -0.05) is 29.0 Å². The fourth-order valence-electron chi connectivity index (χ4n) is 2.91. The fraction of sp³-hybridized carbons (Fsp3) is 0.211. The Bertz CT molecular complexity index is 1010. The Hall–Kier alpha value is -2.55. The normalized spacial score (nSPS) is 13.1. The molecule has 0 atom stereocenters. The Labute approximate surface area is 169 Å². The predicted octanol–water partition coefficient (Wildman–Crippen LogP) is 3.81. The number of halogens is 2. The molecule has 28 heavy (non-hydrogen) atoms. The fourth-order valence-corrected chi connectivity index (χ4v) is 3.77. The van der Waals surface area contributed by atoms with Crippen LogP contribution < -0.4 is 15.4 Å². The molecule has 3 aromatic rings. The van der Waals surface area contributed by atoms with Crippen LogP contribution in [0.4, 0.5) is 9.52 Å². The second kappa shape index (κ2) is 8.22. The van der Waals surface area contributed by atoms with E-state index in [-0.39, 0.29) is 17.5 Å². The molecule has 0 bridgehead atoms. The standard InChI is InChI=1S/C19H16ClFN4O2S/c20-14-6-15(21)8-16(7-14)27-10-17-24-25-19(28-17)23-18(26)12-1-2-13-9-22-4-3-11(13)5-12/h1-2,5-8,22H,3-4,9-10H2,(H,23,25,26). The number of rotatable bonds is 5. The van der Waals surface area contributed by atoms with Crippen LogP contribution in [0.3, 0.4) is 0 Å². The van der Waals surface area contributed by atoms with Crippen molar-refractivity contribution in [2.75, 3.05) is 11.9 Å². The number of ether oxygens (including phenoxy) is 1. The maximum absolute atomic E-state index is 13.3. The lowest BCUT2D eigenvalue weighted by Crippen LogP contribution is -2.24. The molecule has 0 unspecified atom stereocenters. The lowest BCUT2D eigenvalue weighted by molar-refractivity contribution is 0.102. The van der Waals surface area contributed by atoms with Crippen LogP contribution in [0, 0.1) is 5.82 Å². The number of carbonyl (C=O) groups is 1. The summed E-state index contributed by atoms with van der Waals surface area (Å²) in [6.07, 6.45) is 0.904. The third-order valence-corrected chi connectivity index (χ3v) is 5.27. The number of nitrogens with zero attached hydrogens (tertiary/aromatic N) is 2. The van der Waals surface area contributed by atoms with Gasteiger partial charge in [0.2, 0.25) is 5.13 Å². The van der Waals surface area contributed by atoms with Crippen molar-refractivity contribution in [3.05, 3.63) is 68.9 Å². The molecule has 144 valence electrons. The van der Waals surface area contributed by atoms with E-state index in [1.54, 1.807) is 6.07 Å². The van der Waals surface area contributed by atoms with Gasteiger partial charge in [-0.15, -0.1) is 10.2 Å². The van der Waals surface area contributed by atoms with Crippen LogP contribution in [-0.2, 0) is 19.6 Å². The van der Waals surface area contributed by atoms with Crippen molar-refractivity contribution in [3.8, 4) is 5.75 Å². The molecule has 9 heteroatoms. The van der Waals surface area contributed by atoms with Gasteiger partial charge in [-0.3, -0.25) is 10.1 Å². The topological polar surface area (TPSA) is 76.1 Å². The summed E-state index contributed by atoms with van der Waals surface area (Å²) in [4.78, 5) is 12.5. The molecule has 2 aromatic carbocycles. The van der Waals surface area contributed by atoms with Gasteiger partial charge in [-0.25, -0.2) is 4.39 Å². The van der Waals surface area contributed by atoms with Crippen molar-refractivity contribution in [2.24, 2.45) is 0 Å². The van der Waals surface area contributed by atoms with Crippen molar-refractivity contribution >= 4 is 34.0 Å². The van der Waals surface area contributed by atoms with Crippen molar-refractivity contribution in [3.63, 3.8) is 0 Å². The Balaban J connectivity index is 1.38. The molecule has 1 aliphatic heterocycles. The van der Waals surface area contributed by atoms with E-state index in [0.29, 0.717) is 21.5 Å². The van der Waals surface area contributed by atoms with Crippen molar-refractivity contribution in [2.45, 2.75) is 19.6 Å².